The van der Waals surface area contributed by atoms with Crippen molar-refractivity contribution in [3.8, 4) is 0 Å². The van der Waals surface area contributed by atoms with Crippen molar-refractivity contribution < 1.29 is 27.5 Å². The monoisotopic (exact) mass is 385 g/mol. The Morgan fingerprint density at radius 3 is 2.52 bits per heavy atom. The number of ether oxygens (including phenoxy) is 2. The van der Waals surface area contributed by atoms with Gasteiger partial charge < -0.3 is 9.47 Å². The van der Waals surface area contributed by atoms with Gasteiger partial charge in [-0.2, -0.15) is 4.31 Å². The molecule has 138 valence electrons. The normalized spacial score (nSPS) is 18.1. The minimum atomic E-state index is -3.93. The first-order chi connectivity index (χ1) is 11.6. The standard InChI is InChI=1S/C16H23NO6SSi/c1-25(2,3)10-9-24(20,21)17-14(12-23-16(17)19)15(18)22-11-13-7-5-4-6-8-13/h4-8,14H,9-12H2,1-3H3/t14-/m1/s1. The van der Waals surface area contributed by atoms with E-state index < -0.39 is 36.2 Å². The first-order valence-corrected chi connectivity index (χ1v) is 13.3. The number of carbonyl (C=O) groups excluding carboxylic acids is 2. The second kappa shape index (κ2) is 7.57. The molecule has 1 saturated heterocycles. The maximum absolute atomic E-state index is 12.5. The molecule has 0 N–H and O–H groups in total. The van der Waals surface area contributed by atoms with Crippen molar-refractivity contribution in [2.75, 3.05) is 12.4 Å². The first kappa shape index (κ1) is 19.5. The fourth-order valence-electron chi connectivity index (χ4n) is 2.24. The molecule has 1 amide bonds. The van der Waals surface area contributed by atoms with Crippen LogP contribution in [0.3, 0.4) is 0 Å². The van der Waals surface area contributed by atoms with Gasteiger partial charge in [0, 0.05) is 8.07 Å². The number of sulfonamides is 1. The summed E-state index contributed by atoms with van der Waals surface area (Å²) < 4.78 is 35.5. The molecule has 0 unspecified atom stereocenters. The van der Waals surface area contributed by atoms with Gasteiger partial charge in [0.15, 0.2) is 6.04 Å². The Labute approximate surface area is 149 Å². The molecule has 1 aromatic rings. The van der Waals surface area contributed by atoms with E-state index >= 15 is 0 Å². The molecule has 1 aliphatic rings. The van der Waals surface area contributed by atoms with Gasteiger partial charge in [-0.3, -0.25) is 0 Å². The Morgan fingerprint density at radius 1 is 1.28 bits per heavy atom. The molecule has 1 aromatic carbocycles. The third-order valence-electron chi connectivity index (χ3n) is 3.73. The lowest BCUT2D eigenvalue weighted by atomic mass is 10.2. The van der Waals surface area contributed by atoms with Gasteiger partial charge in [0.25, 0.3) is 0 Å². The molecule has 1 atom stereocenters. The van der Waals surface area contributed by atoms with Crippen LogP contribution < -0.4 is 0 Å². The summed E-state index contributed by atoms with van der Waals surface area (Å²) >= 11 is 0. The third kappa shape index (κ3) is 5.30. The van der Waals surface area contributed by atoms with E-state index in [0.717, 1.165) is 5.56 Å². The lowest BCUT2D eigenvalue weighted by Crippen LogP contribution is -2.46. The molecule has 9 heteroatoms. The Balaban J connectivity index is 2.06. The minimum Gasteiger partial charge on any atom is -0.459 e. The Hall–Kier alpha value is -1.87. The molecular weight excluding hydrogens is 362 g/mol. The van der Waals surface area contributed by atoms with E-state index in [4.69, 9.17) is 9.47 Å². The van der Waals surface area contributed by atoms with Crippen LogP contribution in [0.25, 0.3) is 0 Å². The van der Waals surface area contributed by atoms with E-state index in [0.29, 0.717) is 10.3 Å². The summed E-state index contributed by atoms with van der Waals surface area (Å²) in [5, 5.41) is 0. The lowest BCUT2D eigenvalue weighted by Gasteiger charge is -2.22. The van der Waals surface area contributed by atoms with Gasteiger partial charge in [0.2, 0.25) is 10.0 Å². The number of cyclic esters (lactones) is 1. The van der Waals surface area contributed by atoms with Gasteiger partial charge in [0.05, 0.1) is 5.75 Å². The summed E-state index contributed by atoms with van der Waals surface area (Å²) in [5.74, 6) is -0.966. The molecule has 1 aliphatic heterocycles. The Kier molecular flexibility index (Phi) is 5.89. The van der Waals surface area contributed by atoms with E-state index in [-0.39, 0.29) is 19.0 Å². The molecule has 0 spiro atoms. The SMILES string of the molecule is C[Si](C)(C)CCS(=O)(=O)N1C(=O)OC[C@@H]1C(=O)OCc1ccccc1. The van der Waals surface area contributed by atoms with Crippen LogP contribution >= 0.6 is 0 Å². The van der Waals surface area contributed by atoms with Crippen molar-refractivity contribution in [2.45, 2.75) is 38.3 Å². The third-order valence-corrected chi connectivity index (χ3v) is 7.57. The minimum absolute atomic E-state index is 0.00710. The van der Waals surface area contributed by atoms with Gasteiger partial charge in [-0.25, -0.2) is 18.0 Å². The van der Waals surface area contributed by atoms with Crippen LogP contribution in [-0.4, -0.2) is 51.3 Å². The zero-order chi connectivity index (χ0) is 18.7. The van der Waals surface area contributed by atoms with Crippen LogP contribution in [0.1, 0.15) is 5.56 Å². The van der Waals surface area contributed by atoms with Gasteiger partial charge in [-0.1, -0.05) is 50.0 Å². The van der Waals surface area contributed by atoms with Crippen molar-refractivity contribution in [3.63, 3.8) is 0 Å². The number of esters is 1. The Morgan fingerprint density at radius 2 is 1.92 bits per heavy atom. The van der Waals surface area contributed by atoms with Crippen LogP contribution in [0.2, 0.25) is 25.7 Å². The second-order valence-electron chi connectivity index (χ2n) is 7.11. The predicted molar refractivity (Wildman–Crippen MR) is 95.2 cm³/mol. The smallest absolute Gasteiger partial charge is 0.424 e. The summed E-state index contributed by atoms with van der Waals surface area (Å²) in [7, 11) is -5.55. The highest BCUT2D eigenvalue weighted by molar-refractivity contribution is 7.89. The number of carbonyl (C=O) groups is 2. The van der Waals surface area contributed by atoms with Crippen LogP contribution in [0.5, 0.6) is 0 Å². The summed E-state index contributed by atoms with van der Waals surface area (Å²) in [5.41, 5.74) is 0.772. The molecular formula is C16H23NO6SSi. The summed E-state index contributed by atoms with van der Waals surface area (Å²) in [6.45, 7) is 5.80. The maximum Gasteiger partial charge on any atom is 0.424 e. The highest BCUT2D eigenvalue weighted by Gasteiger charge is 2.46. The Bertz CT molecular complexity index is 729. The van der Waals surface area contributed by atoms with Gasteiger partial charge in [0.1, 0.15) is 13.2 Å². The topological polar surface area (TPSA) is 90.0 Å². The second-order valence-corrected chi connectivity index (χ2v) is 14.7. The van der Waals surface area contributed by atoms with E-state index in [1.54, 1.807) is 24.3 Å². The van der Waals surface area contributed by atoms with E-state index in [2.05, 4.69) is 0 Å². The van der Waals surface area contributed by atoms with Crippen molar-refractivity contribution >= 4 is 30.2 Å². The fourth-order valence-corrected chi connectivity index (χ4v) is 6.73. The molecule has 0 aromatic heterocycles. The van der Waals surface area contributed by atoms with Crippen LogP contribution in [0.4, 0.5) is 4.79 Å². The van der Waals surface area contributed by atoms with Crippen LogP contribution in [-0.2, 0) is 30.9 Å². The van der Waals surface area contributed by atoms with Crippen molar-refractivity contribution in [1.82, 2.24) is 4.31 Å². The van der Waals surface area contributed by atoms with Gasteiger partial charge in [-0.05, 0) is 11.6 Å². The number of benzene rings is 1. The van der Waals surface area contributed by atoms with Crippen LogP contribution in [0, 0.1) is 0 Å². The van der Waals surface area contributed by atoms with Crippen molar-refractivity contribution in [1.29, 1.82) is 0 Å². The first-order valence-electron chi connectivity index (χ1n) is 7.99. The molecule has 7 nitrogen and oxygen atoms in total. The zero-order valence-electron chi connectivity index (χ0n) is 14.6. The quantitative estimate of drug-likeness (QED) is 0.528. The highest BCUT2D eigenvalue weighted by Crippen LogP contribution is 2.22. The van der Waals surface area contributed by atoms with Crippen molar-refractivity contribution in [3.05, 3.63) is 35.9 Å². The molecule has 25 heavy (non-hydrogen) atoms. The highest BCUT2D eigenvalue weighted by atomic mass is 32.2. The van der Waals surface area contributed by atoms with E-state index in [1.165, 1.54) is 0 Å². The zero-order valence-corrected chi connectivity index (χ0v) is 16.4. The molecule has 0 aliphatic carbocycles. The molecule has 2 rings (SSSR count). The summed E-state index contributed by atoms with van der Waals surface area (Å²) in [4.78, 5) is 24.1. The predicted octanol–water partition coefficient (Wildman–Crippen LogP) is 2.22. The molecule has 0 bridgehead atoms. The van der Waals surface area contributed by atoms with E-state index in [9.17, 15) is 18.0 Å². The van der Waals surface area contributed by atoms with Crippen molar-refractivity contribution in [2.24, 2.45) is 0 Å². The molecule has 0 saturated carbocycles. The number of nitrogens with zero attached hydrogens (tertiary/aromatic N) is 1. The summed E-state index contributed by atoms with van der Waals surface area (Å²) in [6.07, 6.45) is -1.02. The number of hydrogen-bond acceptors (Lipinski definition) is 6. The molecule has 1 heterocycles. The molecule has 0 radical (unpaired) electrons. The average molecular weight is 386 g/mol. The number of rotatable bonds is 7. The maximum atomic E-state index is 12.5. The summed E-state index contributed by atoms with van der Waals surface area (Å²) in [6, 6.07) is 8.24. The lowest BCUT2D eigenvalue weighted by molar-refractivity contribution is -0.148. The van der Waals surface area contributed by atoms with Gasteiger partial charge >= 0.3 is 12.1 Å². The fraction of sp³-hybridized carbons (Fsp3) is 0.500. The number of hydrogen-bond donors (Lipinski definition) is 0. The van der Waals surface area contributed by atoms with E-state index in [1.807, 2.05) is 25.7 Å². The average Bonchev–Trinajstić information content (AvgIpc) is 2.94. The largest absolute Gasteiger partial charge is 0.459 e. The number of amides is 1. The van der Waals surface area contributed by atoms with Gasteiger partial charge in [-0.15, -0.1) is 0 Å². The molecule has 1 fully saturated rings. The van der Waals surface area contributed by atoms with Crippen LogP contribution in [0.15, 0.2) is 30.3 Å².